The first-order valence-electron chi connectivity index (χ1n) is 8.36. The fourth-order valence-electron chi connectivity index (χ4n) is 3.19. The van der Waals surface area contributed by atoms with Gasteiger partial charge >= 0.3 is 0 Å². The average molecular weight is 343 g/mol. The Morgan fingerprint density at radius 2 is 1.92 bits per heavy atom. The summed E-state index contributed by atoms with van der Waals surface area (Å²) >= 11 is 0. The van der Waals surface area contributed by atoms with Crippen LogP contribution in [0.2, 0.25) is 0 Å². The quantitative estimate of drug-likeness (QED) is 0.932. The Bertz CT molecular complexity index is 748. The summed E-state index contributed by atoms with van der Waals surface area (Å²) in [5, 5.41) is 10.8. The molecular formula is C20H22FNO3. The Morgan fingerprint density at radius 1 is 1.20 bits per heavy atom. The van der Waals surface area contributed by atoms with Crippen LogP contribution in [-0.4, -0.2) is 35.1 Å². The Hall–Kier alpha value is -2.24. The molecule has 4 nitrogen and oxygen atoms in total. The second kappa shape index (κ2) is 6.94. The summed E-state index contributed by atoms with van der Waals surface area (Å²) in [6.45, 7) is 4.03. The van der Waals surface area contributed by atoms with E-state index in [4.69, 9.17) is 4.74 Å². The normalized spacial score (nSPS) is 23.1. The van der Waals surface area contributed by atoms with Crippen molar-refractivity contribution in [3.8, 4) is 0 Å². The molecule has 2 aromatic carbocycles. The lowest BCUT2D eigenvalue weighted by atomic mass is 9.93. The molecule has 1 aliphatic heterocycles. The molecular weight excluding hydrogens is 321 g/mol. The average Bonchev–Trinajstić information content (AvgIpc) is 2.61. The highest BCUT2D eigenvalue weighted by atomic mass is 19.1. The standard InChI is InChI=1S/C20H22FNO3/c1-14-12-22(13-18(25-14)15-7-4-3-5-8-15)19(23)20(2,24)16-9-6-10-17(21)11-16/h3-11,14,18,24H,12-13H2,1-2H3. The number of carbonyl (C=O) groups is 1. The molecule has 3 unspecified atom stereocenters. The molecule has 132 valence electrons. The molecule has 0 spiro atoms. The van der Waals surface area contributed by atoms with Crippen LogP contribution < -0.4 is 0 Å². The number of nitrogens with zero attached hydrogens (tertiary/aromatic N) is 1. The van der Waals surface area contributed by atoms with Crippen LogP contribution in [0.3, 0.4) is 0 Å². The summed E-state index contributed by atoms with van der Waals surface area (Å²) in [5.41, 5.74) is -0.564. The fourth-order valence-corrected chi connectivity index (χ4v) is 3.19. The third-order valence-corrected chi connectivity index (χ3v) is 4.52. The predicted octanol–water partition coefficient (Wildman–Crippen LogP) is 3.02. The Morgan fingerprint density at radius 3 is 2.60 bits per heavy atom. The number of ether oxygens (including phenoxy) is 1. The summed E-state index contributed by atoms with van der Waals surface area (Å²) in [6, 6.07) is 15.2. The summed E-state index contributed by atoms with van der Waals surface area (Å²) in [4.78, 5) is 14.5. The number of amides is 1. The van der Waals surface area contributed by atoms with E-state index in [0.717, 1.165) is 5.56 Å². The molecule has 0 radical (unpaired) electrons. The number of hydrogen-bond acceptors (Lipinski definition) is 3. The van der Waals surface area contributed by atoms with Crippen molar-refractivity contribution in [1.29, 1.82) is 0 Å². The molecule has 1 amide bonds. The number of benzene rings is 2. The van der Waals surface area contributed by atoms with Gasteiger partial charge in [-0.1, -0.05) is 42.5 Å². The van der Waals surface area contributed by atoms with Gasteiger partial charge in [-0.15, -0.1) is 0 Å². The van der Waals surface area contributed by atoms with Gasteiger partial charge in [0.2, 0.25) is 0 Å². The van der Waals surface area contributed by atoms with Crippen LogP contribution in [0.5, 0.6) is 0 Å². The summed E-state index contributed by atoms with van der Waals surface area (Å²) in [5.74, 6) is -0.933. The van der Waals surface area contributed by atoms with Gasteiger partial charge in [0.05, 0.1) is 12.6 Å². The van der Waals surface area contributed by atoms with Gasteiger partial charge in [-0.3, -0.25) is 4.79 Å². The van der Waals surface area contributed by atoms with Crippen molar-refractivity contribution in [3.05, 3.63) is 71.5 Å². The van der Waals surface area contributed by atoms with Crippen molar-refractivity contribution in [2.45, 2.75) is 31.7 Å². The minimum atomic E-state index is -1.79. The van der Waals surface area contributed by atoms with Crippen LogP contribution >= 0.6 is 0 Å². The van der Waals surface area contributed by atoms with Gasteiger partial charge in [0, 0.05) is 6.54 Å². The SMILES string of the molecule is CC1CN(C(=O)C(C)(O)c2cccc(F)c2)CC(c2ccccc2)O1. The minimum absolute atomic E-state index is 0.161. The maximum Gasteiger partial charge on any atom is 0.259 e. The topological polar surface area (TPSA) is 49.8 Å². The fraction of sp³-hybridized carbons (Fsp3) is 0.350. The Kier molecular flexibility index (Phi) is 4.88. The molecule has 1 heterocycles. The second-order valence-corrected chi connectivity index (χ2v) is 6.64. The van der Waals surface area contributed by atoms with Crippen LogP contribution in [-0.2, 0) is 15.1 Å². The van der Waals surface area contributed by atoms with Crippen molar-refractivity contribution in [2.24, 2.45) is 0 Å². The maximum absolute atomic E-state index is 13.5. The zero-order valence-corrected chi connectivity index (χ0v) is 14.4. The Balaban J connectivity index is 1.83. The van der Waals surface area contributed by atoms with Gasteiger partial charge in [-0.05, 0) is 37.1 Å². The first kappa shape index (κ1) is 17.6. The molecule has 1 saturated heterocycles. The number of carbonyl (C=O) groups excluding carboxylic acids is 1. The van der Waals surface area contributed by atoms with Gasteiger partial charge in [0.1, 0.15) is 11.9 Å². The molecule has 0 saturated carbocycles. The first-order chi connectivity index (χ1) is 11.9. The third kappa shape index (κ3) is 3.72. The van der Waals surface area contributed by atoms with Crippen LogP contribution in [0, 0.1) is 5.82 Å². The molecule has 5 heteroatoms. The van der Waals surface area contributed by atoms with Crippen LogP contribution in [0.1, 0.15) is 31.1 Å². The number of rotatable bonds is 3. The van der Waals surface area contributed by atoms with E-state index in [1.54, 1.807) is 11.0 Å². The molecule has 0 aromatic heterocycles. The van der Waals surface area contributed by atoms with Crippen molar-refractivity contribution in [1.82, 2.24) is 4.90 Å². The molecule has 3 atom stereocenters. The summed E-state index contributed by atoms with van der Waals surface area (Å²) < 4.78 is 19.4. The number of hydrogen-bond donors (Lipinski definition) is 1. The highest BCUT2D eigenvalue weighted by molar-refractivity contribution is 5.86. The zero-order chi connectivity index (χ0) is 18.0. The van der Waals surface area contributed by atoms with E-state index in [1.165, 1.54) is 25.1 Å². The number of halogens is 1. The van der Waals surface area contributed by atoms with E-state index in [9.17, 15) is 14.3 Å². The van der Waals surface area contributed by atoms with Crippen molar-refractivity contribution >= 4 is 5.91 Å². The van der Waals surface area contributed by atoms with Gasteiger partial charge in [-0.2, -0.15) is 0 Å². The molecule has 3 rings (SSSR count). The molecule has 0 aliphatic carbocycles. The maximum atomic E-state index is 13.5. The van der Waals surface area contributed by atoms with Gasteiger partial charge in [0.15, 0.2) is 5.60 Å². The molecule has 2 aromatic rings. The van der Waals surface area contributed by atoms with Crippen molar-refractivity contribution in [2.75, 3.05) is 13.1 Å². The van der Waals surface area contributed by atoms with Crippen molar-refractivity contribution < 1.29 is 19.0 Å². The monoisotopic (exact) mass is 343 g/mol. The highest BCUT2D eigenvalue weighted by Crippen LogP contribution is 2.30. The van der Waals surface area contributed by atoms with Crippen LogP contribution in [0.25, 0.3) is 0 Å². The highest BCUT2D eigenvalue weighted by Gasteiger charge is 2.40. The van der Waals surface area contributed by atoms with Crippen LogP contribution in [0.4, 0.5) is 4.39 Å². The van der Waals surface area contributed by atoms with E-state index in [0.29, 0.717) is 13.1 Å². The van der Waals surface area contributed by atoms with E-state index >= 15 is 0 Å². The lowest BCUT2D eigenvalue weighted by Crippen LogP contribution is -2.52. The smallest absolute Gasteiger partial charge is 0.259 e. The van der Waals surface area contributed by atoms with E-state index in [1.807, 2.05) is 37.3 Å². The van der Waals surface area contributed by atoms with Gasteiger partial charge in [-0.25, -0.2) is 4.39 Å². The number of aliphatic hydroxyl groups is 1. The Labute approximate surface area is 146 Å². The molecule has 1 aliphatic rings. The molecule has 1 N–H and O–H groups in total. The largest absolute Gasteiger partial charge is 0.376 e. The van der Waals surface area contributed by atoms with E-state index in [-0.39, 0.29) is 17.8 Å². The summed E-state index contributed by atoms with van der Waals surface area (Å²) in [6.07, 6.45) is -0.413. The third-order valence-electron chi connectivity index (χ3n) is 4.52. The second-order valence-electron chi connectivity index (χ2n) is 6.64. The lowest BCUT2D eigenvalue weighted by molar-refractivity contribution is -0.163. The van der Waals surface area contributed by atoms with Crippen molar-refractivity contribution in [3.63, 3.8) is 0 Å². The minimum Gasteiger partial charge on any atom is -0.376 e. The summed E-state index contributed by atoms with van der Waals surface area (Å²) in [7, 11) is 0. The number of morpholine rings is 1. The zero-order valence-electron chi connectivity index (χ0n) is 14.4. The molecule has 0 bridgehead atoms. The predicted molar refractivity (Wildman–Crippen MR) is 92.3 cm³/mol. The molecule has 1 fully saturated rings. The molecule has 25 heavy (non-hydrogen) atoms. The van der Waals surface area contributed by atoms with Gasteiger partial charge < -0.3 is 14.7 Å². The lowest BCUT2D eigenvalue weighted by Gasteiger charge is -2.40. The first-order valence-corrected chi connectivity index (χ1v) is 8.36. The van der Waals surface area contributed by atoms with E-state index in [2.05, 4.69) is 0 Å². The van der Waals surface area contributed by atoms with Crippen LogP contribution in [0.15, 0.2) is 54.6 Å². The van der Waals surface area contributed by atoms with Gasteiger partial charge in [0.25, 0.3) is 5.91 Å². The van der Waals surface area contributed by atoms with E-state index < -0.39 is 17.3 Å².